The van der Waals surface area contributed by atoms with Crippen molar-refractivity contribution < 1.29 is 14.7 Å². The van der Waals surface area contributed by atoms with Crippen LogP contribution in [0, 0.1) is 23.7 Å². The number of rotatable bonds is 6. The smallest absolute Gasteiger partial charge is 0.307 e. The molecule has 1 N–H and O–H groups in total. The first-order chi connectivity index (χ1) is 9.32. The second-order valence-electron chi connectivity index (χ2n) is 6.52. The number of hydrogen-bond acceptors (Lipinski definition) is 2. The third kappa shape index (κ3) is 4.66. The molecule has 20 heavy (non-hydrogen) atoms. The van der Waals surface area contributed by atoms with Crippen LogP contribution in [0.3, 0.4) is 0 Å². The molecule has 1 aliphatic rings. The van der Waals surface area contributed by atoms with Gasteiger partial charge in [-0.25, -0.2) is 0 Å². The van der Waals surface area contributed by atoms with Gasteiger partial charge in [0.15, 0.2) is 0 Å². The molecule has 0 bridgehead atoms. The first-order valence-electron chi connectivity index (χ1n) is 7.49. The quantitative estimate of drug-likeness (QED) is 0.762. The second kappa shape index (κ2) is 7.46. The second-order valence-corrected chi connectivity index (χ2v) is 6.52. The van der Waals surface area contributed by atoms with E-state index in [1.54, 1.807) is 0 Å². The Hall–Kier alpha value is -1.32. The largest absolute Gasteiger partial charge is 0.481 e. The Kier molecular flexibility index (Phi) is 6.24. The molecule has 0 unspecified atom stereocenters. The molecule has 0 saturated carbocycles. The third-order valence-corrected chi connectivity index (χ3v) is 3.55. The van der Waals surface area contributed by atoms with Gasteiger partial charge in [-0.15, -0.1) is 0 Å². The first kappa shape index (κ1) is 16.7. The SMILES string of the molecule is CC(C)CN(CC(C)C)C(=O)[C@@H]1CC=CC[C@@H]1C(=O)O. The number of amides is 1. The highest BCUT2D eigenvalue weighted by Crippen LogP contribution is 2.28. The van der Waals surface area contributed by atoms with Crippen molar-refractivity contribution in [3.05, 3.63) is 12.2 Å². The number of carboxylic acid groups (broad SMARTS) is 1. The van der Waals surface area contributed by atoms with E-state index in [9.17, 15) is 14.7 Å². The average Bonchev–Trinajstić information content (AvgIpc) is 2.36. The summed E-state index contributed by atoms with van der Waals surface area (Å²) in [7, 11) is 0. The Balaban J connectivity index is 2.85. The number of allylic oxidation sites excluding steroid dienone is 2. The van der Waals surface area contributed by atoms with Gasteiger partial charge < -0.3 is 10.0 Å². The number of nitrogens with zero attached hydrogens (tertiary/aromatic N) is 1. The van der Waals surface area contributed by atoms with Crippen LogP contribution in [0.5, 0.6) is 0 Å². The zero-order valence-corrected chi connectivity index (χ0v) is 13.0. The van der Waals surface area contributed by atoms with E-state index in [0.717, 1.165) is 0 Å². The zero-order chi connectivity index (χ0) is 15.3. The van der Waals surface area contributed by atoms with E-state index in [1.165, 1.54) is 0 Å². The van der Waals surface area contributed by atoms with Crippen molar-refractivity contribution in [3.8, 4) is 0 Å². The predicted molar refractivity (Wildman–Crippen MR) is 79.2 cm³/mol. The van der Waals surface area contributed by atoms with Crippen molar-refractivity contribution in [1.82, 2.24) is 4.90 Å². The van der Waals surface area contributed by atoms with E-state index in [4.69, 9.17) is 0 Å². The molecule has 0 aromatic rings. The lowest BCUT2D eigenvalue weighted by Crippen LogP contribution is -2.44. The summed E-state index contributed by atoms with van der Waals surface area (Å²) in [6.45, 7) is 9.71. The van der Waals surface area contributed by atoms with Gasteiger partial charge in [-0.2, -0.15) is 0 Å². The molecule has 0 aliphatic heterocycles. The Labute approximate surface area is 121 Å². The topological polar surface area (TPSA) is 57.6 Å². The number of carbonyl (C=O) groups excluding carboxylic acids is 1. The minimum atomic E-state index is -0.859. The molecule has 0 radical (unpaired) electrons. The van der Waals surface area contributed by atoms with Crippen molar-refractivity contribution in [2.24, 2.45) is 23.7 Å². The predicted octanol–water partition coefficient (Wildman–Crippen LogP) is 2.79. The van der Waals surface area contributed by atoms with Crippen molar-refractivity contribution in [2.45, 2.75) is 40.5 Å². The van der Waals surface area contributed by atoms with Crippen LogP contribution < -0.4 is 0 Å². The number of aliphatic carboxylic acids is 1. The maximum absolute atomic E-state index is 12.7. The maximum atomic E-state index is 12.7. The molecular formula is C16H27NO3. The lowest BCUT2D eigenvalue weighted by atomic mass is 9.82. The minimum Gasteiger partial charge on any atom is -0.481 e. The van der Waals surface area contributed by atoms with Gasteiger partial charge in [0, 0.05) is 13.1 Å². The highest BCUT2D eigenvalue weighted by Gasteiger charge is 2.36. The Morgan fingerprint density at radius 2 is 1.50 bits per heavy atom. The summed E-state index contributed by atoms with van der Waals surface area (Å²) >= 11 is 0. The van der Waals surface area contributed by atoms with E-state index >= 15 is 0 Å². The van der Waals surface area contributed by atoms with Gasteiger partial charge in [-0.05, 0) is 24.7 Å². The van der Waals surface area contributed by atoms with Gasteiger partial charge in [0.2, 0.25) is 5.91 Å². The molecule has 0 heterocycles. The fraction of sp³-hybridized carbons (Fsp3) is 0.750. The Morgan fingerprint density at radius 1 is 1.05 bits per heavy atom. The van der Waals surface area contributed by atoms with Gasteiger partial charge in [0.25, 0.3) is 0 Å². The van der Waals surface area contributed by atoms with Gasteiger partial charge in [0.05, 0.1) is 11.8 Å². The molecule has 1 rings (SSSR count). The van der Waals surface area contributed by atoms with Crippen LogP contribution in [0.25, 0.3) is 0 Å². The van der Waals surface area contributed by atoms with Crippen LogP contribution >= 0.6 is 0 Å². The van der Waals surface area contributed by atoms with Crippen molar-refractivity contribution >= 4 is 11.9 Å². The highest BCUT2D eigenvalue weighted by molar-refractivity contribution is 5.85. The number of hydrogen-bond donors (Lipinski definition) is 1. The van der Waals surface area contributed by atoms with Crippen molar-refractivity contribution in [1.29, 1.82) is 0 Å². The molecule has 4 nitrogen and oxygen atoms in total. The molecule has 0 aromatic carbocycles. The van der Waals surface area contributed by atoms with Crippen molar-refractivity contribution in [2.75, 3.05) is 13.1 Å². The van der Waals surface area contributed by atoms with Gasteiger partial charge in [-0.3, -0.25) is 9.59 Å². The third-order valence-electron chi connectivity index (χ3n) is 3.55. The molecule has 114 valence electrons. The maximum Gasteiger partial charge on any atom is 0.307 e. The number of carbonyl (C=O) groups is 2. The van der Waals surface area contributed by atoms with E-state index < -0.39 is 17.8 Å². The van der Waals surface area contributed by atoms with Crippen LogP contribution in [0.1, 0.15) is 40.5 Å². The molecular weight excluding hydrogens is 254 g/mol. The standard InChI is InChI=1S/C16H27NO3/c1-11(2)9-17(10-12(3)4)15(18)13-7-5-6-8-14(13)16(19)20/h5-6,11-14H,7-10H2,1-4H3,(H,19,20)/t13-,14+/m1/s1. The molecule has 0 aromatic heterocycles. The van der Waals surface area contributed by atoms with Crippen LogP contribution in [0.15, 0.2) is 12.2 Å². The zero-order valence-electron chi connectivity index (χ0n) is 13.0. The van der Waals surface area contributed by atoms with E-state index in [-0.39, 0.29) is 5.91 Å². The average molecular weight is 281 g/mol. The summed E-state index contributed by atoms with van der Waals surface area (Å²) < 4.78 is 0. The molecule has 2 atom stereocenters. The van der Waals surface area contributed by atoms with Gasteiger partial charge >= 0.3 is 5.97 Å². The lowest BCUT2D eigenvalue weighted by molar-refractivity contribution is -0.151. The Morgan fingerprint density at radius 3 is 1.90 bits per heavy atom. The summed E-state index contributed by atoms with van der Waals surface area (Å²) in [5.41, 5.74) is 0. The van der Waals surface area contributed by atoms with E-state index in [0.29, 0.717) is 37.8 Å². The number of carboxylic acids is 1. The van der Waals surface area contributed by atoms with Crippen LogP contribution in [0.2, 0.25) is 0 Å². The molecule has 0 fully saturated rings. The molecule has 0 spiro atoms. The van der Waals surface area contributed by atoms with Gasteiger partial charge in [-0.1, -0.05) is 39.8 Å². The normalized spacial score (nSPS) is 22.3. The van der Waals surface area contributed by atoms with Crippen LogP contribution in [-0.4, -0.2) is 35.0 Å². The van der Waals surface area contributed by atoms with Crippen molar-refractivity contribution in [3.63, 3.8) is 0 Å². The summed E-state index contributed by atoms with van der Waals surface area (Å²) in [4.78, 5) is 25.9. The summed E-state index contributed by atoms with van der Waals surface area (Å²) in [5.74, 6) is -1.06. The van der Waals surface area contributed by atoms with Gasteiger partial charge in [0.1, 0.15) is 0 Å². The fourth-order valence-electron chi connectivity index (χ4n) is 2.73. The van der Waals surface area contributed by atoms with Crippen LogP contribution in [-0.2, 0) is 9.59 Å². The fourth-order valence-corrected chi connectivity index (χ4v) is 2.73. The summed E-state index contributed by atoms with van der Waals surface area (Å²) in [6.07, 6.45) is 4.81. The molecule has 1 aliphatic carbocycles. The molecule has 4 heteroatoms. The minimum absolute atomic E-state index is 0.00384. The summed E-state index contributed by atoms with van der Waals surface area (Å²) in [6, 6.07) is 0. The Bertz CT molecular complexity index is 364. The van der Waals surface area contributed by atoms with Crippen LogP contribution in [0.4, 0.5) is 0 Å². The van der Waals surface area contributed by atoms with E-state index in [1.807, 2.05) is 17.1 Å². The highest BCUT2D eigenvalue weighted by atomic mass is 16.4. The molecule has 1 amide bonds. The monoisotopic (exact) mass is 281 g/mol. The first-order valence-corrected chi connectivity index (χ1v) is 7.49. The summed E-state index contributed by atoms with van der Waals surface area (Å²) in [5, 5.41) is 9.30. The molecule has 0 saturated heterocycles. The lowest BCUT2D eigenvalue weighted by Gasteiger charge is -2.33. The van der Waals surface area contributed by atoms with E-state index in [2.05, 4.69) is 27.7 Å².